The Morgan fingerprint density at radius 3 is 2.58 bits per heavy atom. The summed E-state index contributed by atoms with van der Waals surface area (Å²) in [4.78, 5) is 4.54. The summed E-state index contributed by atoms with van der Waals surface area (Å²) >= 11 is 0. The van der Waals surface area contributed by atoms with E-state index in [1.165, 1.54) is 31.2 Å². The Bertz CT molecular complexity index is 527. The Labute approximate surface area is 113 Å². The first-order valence-electron chi connectivity index (χ1n) is 7.00. The number of rotatable bonds is 4. The van der Waals surface area contributed by atoms with Gasteiger partial charge in [-0.3, -0.25) is 0 Å². The average molecular weight is 257 g/mol. The summed E-state index contributed by atoms with van der Waals surface area (Å²) in [6.45, 7) is 0.672. The third kappa shape index (κ3) is 2.68. The van der Waals surface area contributed by atoms with E-state index in [-0.39, 0.29) is 0 Å². The van der Waals surface area contributed by atoms with Crippen LogP contribution in [0.1, 0.15) is 43.0 Å². The smallest absolute Gasteiger partial charge is 0.257 e. The standard InChI is InChI=1S/C15H19N3O/c16-10-9-11-5-7-13(8-6-11)15-17-14(18-19-15)12-3-1-2-4-12/h5-8,12H,1-4,9-10,16H2. The van der Waals surface area contributed by atoms with Crippen molar-refractivity contribution in [1.29, 1.82) is 0 Å². The molecule has 0 bridgehead atoms. The molecule has 3 rings (SSSR count). The number of aromatic nitrogens is 2. The molecule has 0 unspecified atom stereocenters. The van der Waals surface area contributed by atoms with Crippen LogP contribution in [0.5, 0.6) is 0 Å². The molecule has 100 valence electrons. The first kappa shape index (κ1) is 12.4. The van der Waals surface area contributed by atoms with E-state index in [2.05, 4.69) is 22.3 Å². The van der Waals surface area contributed by atoms with Gasteiger partial charge in [0, 0.05) is 11.5 Å². The zero-order chi connectivity index (χ0) is 13.1. The number of hydrogen-bond acceptors (Lipinski definition) is 4. The highest BCUT2D eigenvalue weighted by Crippen LogP contribution is 2.33. The summed E-state index contributed by atoms with van der Waals surface area (Å²) in [5.41, 5.74) is 7.76. The largest absolute Gasteiger partial charge is 0.334 e. The predicted molar refractivity (Wildman–Crippen MR) is 73.7 cm³/mol. The molecule has 1 saturated carbocycles. The third-order valence-electron chi connectivity index (χ3n) is 3.80. The van der Waals surface area contributed by atoms with Crippen molar-refractivity contribution >= 4 is 0 Å². The van der Waals surface area contributed by atoms with Crippen LogP contribution in [0.2, 0.25) is 0 Å². The minimum atomic E-state index is 0.494. The zero-order valence-electron chi connectivity index (χ0n) is 11.0. The number of benzene rings is 1. The molecule has 2 aromatic rings. The highest BCUT2D eigenvalue weighted by atomic mass is 16.5. The molecule has 1 aromatic heterocycles. The summed E-state index contributed by atoms with van der Waals surface area (Å²) in [6.07, 6.45) is 5.84. The minimum absolute atomic E-state index is 0.494. The van der Waals surface area contributed by atoms with Crippen molar-refractivity contribution in [3.63, 3.8) is 0 Å². The van der Waals surface area contributed by atoms with Gasteiger partial charge in [-0.2, -0.15) is 4.98 Å². The maximum Gasteiger partial charge on any atom is 0.257 e. The van der Waals surface area contributed by atoms with E-state index in [0.717, 1.165) is 17.8 Å². The predicted octanol–water partition coefficient (Wildman–Crippen LogP) is 2.90. The second kappa shape index (κ2) is 5.53. The lowest BCUT2D eigenvalue weighted by atomic mass is 10.1. The van der Waals surface area contributed by atoms with Crippen LogP contribution >= 0.6 is 0 Å². The Balaban J connectivity index is 1.77. The molecule has 2 N–H and O–H groups in total. The maximum atomic E-state index is 5.54. The average Bonchev–Trinajstić information content (AvgIpc) is 3.11. The lowest BCUT2D eigenvalue weighted by Gasteiger charge is -2.00. The normalized spacial score (nSPS) is 16.1. The van der Waals surface area contributed by atoms with E-state index in [1.807, 2.05) is 12.1 Å². The summed E-state index contributed by atoms with van der Waals surface area (Å²) in [6, 6.07) is 8.19. The van der Waals surface area contributed by atoms with E-state index >= 15 is 0 Å². The topological polar surface area (TPSA) is 64.9 Å². The monoisotopic (exact) mass is 257 g/mol. The van der Waals surface area contributed by atoms with Gasteiger partial charge in [-0.1, -0.05) is 30.1 Å². The minimum Gasteiger partial charge on any atom is -0.334 e. The van der Waals surface area contributed by atoms with Gasteiger partial charge in [-0.05, 0) is 43.5 Å². The molecular weight excluding hydrogens is 238 g/mol. The van der Waals surface area contributed by atoms with Gasteiger partial charge in [0.15, 0.2) is 5.82 Å². The third-order valence-corrected chi connectivity index (χ3v) is 3.80. The Morgan fingerprint density at radius 2 is 1.89 bits per heavy atom. The molecule has 1 aliphatic rings. The summed E-state index contributed by atoms with van der Waals surface area (Å²) in [5.74, 6) is 1.99. The molecule has 0 amide bonds. The van der Waals surface area contributed by atoms with Gasteiger partial charge in [-0.25, -0.2) is 0 Å². The van der Waals surface area contributed by atoms with Gasteiger partial charge in [0.1, 0.15) is 0 Å². The molecule has 4 nitrogen and oxygen atoms in total. The van der Waals surface area contributed by atoms with E-state index in [0.29, 0.717) is 18.4 Å². The van der Waals surface area contributed by atoms with Crippen LogP contribution in [0.4, 0.5) is 0 Å². The fourth-order valence-electron chi connectivity index (χ4n) is 2.68. The lowest BCUT2D eigenvalue weighted by molar-refractivity contribution is 0.416. The molecule has 4 heteroatoms. The Morgan fingerprint density at radius 1 is 1.16 bits per heavy atom. The van der Waals surface area contributed by atoms with Crippen molar-refractivity contribution in [3.05, 3.63) is 35.7 Å². The van der Waals surface area contributed by atoms with Crippen molar-refractivity contribution in [2.24, 2.45) is 5.73 Å². The van der Waals surface area contributed by atoms with Gasteiger partial charge in [0.25, 0.3) is 5.89 Å². The SMILES string of the molecule is NCCc1ccc(-c2nc(C3CCCC3)no2)cc1. The second-order valence-electron chi connectivity index (χ2n) is 5.17. The zero-order valence-corrected chi connectivity index (χ0v) is 11.0. The second-order valence-corrected chi connectivity index (χ2v) is 5.17. The first-order valence-corrected chi connectivity index (χ1v) is 7.00. The first-order chi connectivity index (χ1) is 9.36. The quantitative estimate of drug-likeness (QED) is 0.914. The van der Waals surface area contributed by atoms with Gasteiger partial charge < -0.3 is 10.3 Å². The molecule has 0 saturated heterocycles. The van der Waals surface area contributed by atoms with E-state index in [4.69, 9.17) is 10.3 Å². The Hall–Kier alpha value is -1.68. The van der Waals surface area contributed by atoms with Crippen LogP contribution in [0, 0.1) is 0 Å². The maximum absolute atomic E-state index is 5.54. The molecule has 19 heavy (non-hydrogen) atoms. The van der Waals surface area contributed by atoms with Crippen molar-refractivity contribution in [1.82, 2.24) is 10.1 Å². The fourth-order valence-corrected chi connectivity index (χ4v) is 2.68. The molecule has 0 radical (unpaired) electrons. The van der Waals surface area contributed by atoms with Gasteiger partial charge in [0.05, 0.1) is 0 Å². The van der Waals surface area contributed by atoms with Crippen molar-refractivity contribution in [3.8, 4) is 11.5 Å². The van der Waals surface area contributed by atoms with Gasteiger partial charge in [0.2, 0.25) is 0 Å². The fraction of sp³-hybridized carbons (Fsp3) is 0.467. The molecular formula is C15H19N3O. The van der Waals surface area contributed by atoms with Crippen LogP contribution in [-0.2, 0) is 6.42 Å². The lowest BCUT2D eigenvalue weighted by Crippen LogP contribution is -2.02. The molecule has 0 spiro atoms. The Kier molecular flexibility index (Phi) is 3.60. The van der Waals surface area contributed by atoms with Crippen LogP contribution < -0.4 is 5.73 Å². The van der Waals surface area contributed by atoms with E-state index < -0.39 is 0 Å². The summed E-state index contributed by atoms with van der Waals surface area (Å²) in [5, 5.41) is 4.13. The van der Waals surface area contributed by atoms with E-state index in [9.17, 15) is 0 Å². The molecule has 1 heterocycles. The molecule has 0 aliphatic heterocycles. The van der Waals surface area contributed by atoms with Crippen molar-refractivity contribution in [2.45, 2.75) is 38.0 Å². The van der Waals surface area contributed by atoms with Crippen LogP contribution in [-0.4, -0.2) is 16.7 Å². The summed E-state index contributed by atoms with van der Waals surface area (Å²) < 4.78 is 5.38. The molecule has 0 atom stereocenters. The molecule has 1 aliphatic carbocycles. The molecule has 1 fully saturated rings. The number of nitrogens with two attached hydrogens (primary N) is 1. The molecule has 1 aromatic carbocycles. The van der Waals surface area contributed by atoms with Crippen LogP contribution in [0.25, 0.3) is 11.5 Å². The number of hydrogen-bond donors (Lipinski definition) is 1. The highest BCUT2D eigenvalue weighted by molar-refractivity contribution is 5.53. The van der Waals surface area contributed by atoms with Crippen molar-refractivity contribution < 1.29 is 4.52 Å². The van der Waals surface area contributed by atoms with Crippen LogP contribution in [0.3, 0.4) is 0 Å². The van der Waals surface area contributed by atoms with E-state index in [1.54, 1.807) is 0 Å². The number of nitrogens with zero attached hydrogens (tertiary/aromatic N) is 2. The summed E-state index contributed by atoms with van der Waals surface area (Å²) in [7, 11) is 0. The highest BCUT2D eigenvalue weighted by Gasteiger charge is 2.22. The van der Waals surface area contributed by atoms with Crippen molar-refractivity contribution in [2.75, 3.05) is 6.54 Å². The van der Waals surface area contributed by atoms with Gasteiger partial charge in [-0.15, -0.1) is 0 Å². The van der Waals surface area contributed by atoms with Crippen LogP contribution in [0.15, 0.2) is 28.8 Å². The van der Waals surface area contributed by atoms with Gasteiger partial charge >= 0.3 is 0 Å².